The smallest absolute Gasteiger partial charge is 0.257 e. The molecular formula is C18H27N3O5S2. The number of likely N-dealkylation sites (N-methyl/N-ethyl adjacent to an activating group) is 1. The zero-order valence-corrected chi connectivity index (χ0v) is 18.4. The summed E-state index contributed by atoms with van der Waals surface area (Å²) in [6.07, 6.45) is 0.477. The van der Waals surface area contributed by atoms with Gasteiger partial charge >= 0.3 is 0 Å². The first-order valence-corrected chi connectivity index (χ1v) is 11.8. The maximum atomic E-state index is 12.9. The molecule has 156 valence electrons. The fraction of sp³-hybridized carbons (Fsp3) is 0.667. The van der Waals surface area contributed by atoms with E-state index in [1.807, 2.05) is 13.8 Å². The minimum Gasteiger partial charge on any atom is -0.383 e. The maximum Gasteiger partial charge on any atom is 0.257 e. The van der Waals surface area contributed by atoms with Crippen LogP contribution in [0.5, 0.6) is 0 Å². The number of nitrogens with zero attached hydrogens (tertiary/aromatic N) is 3. The maximum absolute atomic E-state index is 12.9. The molecule has 1 aromatic heterocycles. The van der Waals surface area contributed by atoms with Gasteiger partial charge in [0.1, 0.15) is 11.5 Å². The summed E-state index contributed by atoms with van der Waals surface area (Å²) < 4.78 is 31.9. The minimum atomic E-state index is -3.35. The van der Waals surface area contributed by atoms with Crippen LogP contribution in [0.1, 0.15) is 34.6 Å². The van der Waals surface area contributed by atoms with Gasteiger partial charge in [-0.05, 0) is 17.9 Å². The highest BCUT2D eigenvalue weighted by molar-refractivity contribution is 7.89. The molecule has 2 amide bonds. The molecule has 0 N–H and O–H groups in total. The number of sulfonamides is 1. The number of methoxy groups -OCH3 is 1. The van der Waals surface area contributed by atoms with Crippen LogP contribution in [0, 0.1) is 5.92 Å². The molecule has 0 saturated heterocycles. The largest absolute Gasteiger partial charge is 0.383 e. The second-order valence-corrected chi connectivity index (χ2v) is 10.7. The molecule has 0 spiro atoms. The van der Waals surface area contributed by atoms with Gasteiger partial charge in [-0.15, -0.1) is 11.3 Å². The third-order valence-electron chi connectivity index (χ3n) is 4.94. The summed E-state index contributed by atoms with van der Waals surface area (Å²) in [5.41, 5.74) is 1.43. The van der Waals surface area contributed by atoms with Crippen molar-refractivity contribution in [3.05, 3.63) is 16.0 Å². The Labute approximate surface area is 170 Å². The average Bonchev–Trinajstić information content (AvgIpc) is 2.94. The normalized spacial score (nSPS) is 18.5. The first-order chi connectivity index (χ1) is 13.2. The summed E-state index contributed by atoms with van der Waals surface area (Å²) >= 11 is 1.35. The van der Waals surface area contributed by atoms with Crippen molar-refractivity contribution >= 4 is 38.2 Å². The lowest BCUT2D eigenvalue weighted by Gasteiger charge is -2.27. The molecule has 2 aliphatic heterocycles. The summed E-state index contributed by atoms with van der Waals surface area (Å²) in [4.78, 5) is 29.5. The fourth-order valence-corrected chi connectivity index (χ4v) is 6.84. The lowest BCUT2D eigenvalue weighted by Crippen LogP contribution is -2.39. The fourth-order valence-electron chi connectivity index (χ4n) is 3.61. The summed E-state index contributed by atoms with van der Waals surface area (Å²) in [6, 6.07) is 0. The Kier molecular flexibility index (Phi) is 6.14. The number of rotatable bonds is 6. The van der Waals surface area contributed by atoms with Crippen molar-refractivity contribution in [1.29, 1.82) is 0 Å². The van der Waals surface area contributed by atoms with Gasteiger partial charge in [-0.3, -0.25) is 14.5 Å². The Morgan fingerprint density at radius 2 is 1.93 bits per heavy atom. The Morgan fingerprint density at radius 3 is 2.57 bits per heavy atom. The number of carbonyl (C=O) groups excluding carboxylic acids is 2. The molecule has 0 aliphatic carbocycles. The van der Waals surface area contributed by atoms with Crippen LogP contribution in [0.25, 0.3) is 0 Å². The van der Waals surface area contributed by atoms with E-state index in [2.05, 4.69) is 0 Å². The van der Waals surface area contributed by atoms with E-state index in [1.165, 1.54) is 20.5 Å². The van der Waals surface area contributed by atoms with Gasteiger partial charge in [0.05, 0.1) is 24.5 Å². The van der Waals surface area contributed by atoms with Gasteiger partial charge < -0.3 is 9.64 Å². The van der Waals surface area contributed by atoms with E-state index in [-0.39, 0.29) is 36.6 Å². The summed E-state index contributed by atoms with van der Waals surface area (Å²) in [5.74, 6) is -0.189. The zero-order chi connectivity index (χ0) is 20.6. The summed E-state index contributed by atoms with van der Waals surface area (Å²) in [5, 5.41) is 0.615. The standard InChI is InChI=1S/C18H27N3O5S2/c1-12(2)11-28(24,25)20-6-5-13-14(9-20)27-18-16(13)17(23)19(3)10-15(22)21(18)7-8-26-4/h12H,5-11H2,1-4H3. The Morgan fingerprint density at radius 1 is 1.21 bits per heavy atom. The van der Waals surface area contributed by atoms with E-state index in [0.29, 0.717) is 36.7 Å². The highest BCUT2D eigenvalue weighted by Crippen LogP contribution is 2.41. The number of carbonyl (C=O) groups is 2. The van der Waals surface area contributed by atoms with Gasteiger partial charge in [0.2, 0.25) is 15.9 Å². The molecule has 28 heavy (non-hydrogen) atoms. The lowest BCUT2D eigenvalue weighted by atomic mass is 10.0. The molecule has 0 fully saturated rings. The minimum absolute atomic E-state index is 0.0214. The van der Waals surface area contributed by atoms with E-state index in [1.54, 1.807) is 19.1 Å². The van der Waals surface area contributed by atoms with E-state index in [4.69, 9.17) is 4.74 Å². The van der Waals surface area contributed by atoms with E-state index < -0.39 is 10.0 Å². The van der Waals surface area contributed by atoms with Crippen molar-refractivity contribution in [3.63, 3.8) is 0 Å². The summed E-state index contributed by atoms with van der Waals surface area (Å²) in [6.45, 7) is 5.12. The first kappa shape index (κ1) is 21.2. The van der Waals surface area contributed by atoms with Crippen LogP contribution in [0.2, 0.25) is 0 Å². The highest BCUT2D eigenvalue weighted by atomic mass is 32.2. The number of fused-ring (bicyclic) bond motifs is 3. The van der Waals surface area contributed by atoms with Crippen LogP contribution in [0.15, 0.2) is 0 Å². The van der Waals surface area contributed by atoms with Gasteiger partial charge in [0, 0.05) is 32.1 Å². The van der Waals surface area contributed by atoms with Crippen molar-refractivity contribution in [2.45, 2.75) is 26.8 Å². The molecule has 0 aromatic carbocycles. The van der Waals surface area contributed by atoms with Gasteiger partial charge in [-0.2, -0.15) is 4.31 Å². The van der Waals surface area contributed by atoms with E-state index >= 15 is 0 Å². The molecule has 2 aliphatic rings. The number of amides is 2. The van der Waals surface area contributed by atoms with Crippen LogP contribution in [-0.2, 0) is 32.5 Å². The van der Waals surface area contributed by atoms with Crippen molar-refractivity contribution in [2.75, 3.05) is 51.1 Å². The third kappa shape index (κ3) is 3.96. The van der Waals surface area contributed by atoms with Crippen LogP contribution in [-0.4, -0.2) is 75.6 Å². The Bertz CT molecular complexity index is 878. The molecule has 0 atom stereocenters. The predicted molar refractivity (Wildman–Crippen MR) is 108 cm³/mol. The Hall–Kier alpha value is -1.49. The molecule has 0 radical (unpaired) electrons. The van der Waals surface area contributed by atoms with Gasteiger partial charge in [0.15, 0.2) is 0 Å². The van der Waals surface area contributed by atoms with Crippen LogP contribution < -0.4 is 4.90 Å². The highest BCUT2D eigenvalue weighted by Gasteiger charge is 2.38. The summed E-state index contributed by atoms with van der Waals surface area (Å²) in [7, 11) is -0.165. The quantitative estimate of drug-likeness (QED) is 0.677. The number of hydrogen-bond donors (Lipinski definition) is 0. The SMILES string of the molecule is COCCN1C(=O)CN(C)C(=O)c2c1sc1c2CCN(S(=O)(=O)CC(C)C)C1. The first-order valence-electron chi connectivity index (χ1n) is 9.32. The van der Waals surface area contributed by atoms with Gasteiger partial charge in [-0.25, -0.2) is 8.42 Å². The number of hydrogen-bond acceptors (Lipinski definition) is 6. The molecule has 0 bridgehead atoms. The average molecular weight is 430 g/mol. The second-order valence-electron chi connectivity index (χ2n) is 7.64. The van der Waals surface area contributed by atoms with Crippen molar-refractivity contribution in [1.82, 2.24) is 9.21 Å². The lowest BCUT2D eigenvalue weighted by molar-refractivity contribution is -0.119. The molecule has 10 heteroatoms. The molecule has 1 aromatic rings. The van der Waals surface area contributed by atoms with Crippen LogP contribution in [0.4, 0.5) is 5.00 Å². The second kappa shape index (κ2) is 8.10. The van der Waals surface area contributed by atoms with E-state index in [9.17, 15) is 18.0 Å². The van der Waals surface area contributed by atoms with Crippen molar-refractivity contribution in [3.8, 4) is 0 Å². The predicted octanol–water partition coefficient (Wildman–Crippen LogP) is 1.16. The number of ether oxygens (including phenoxy) is 1. The molecular weight excluding hydrogens is 402 g/mol. The van der Waals surface area contributed by atoms with Crippen molar-refractivity contribution in [2.24, 2.45) is 5.92 Å². The van der Waals surface area contributed by atoms with Crippen LogP contribution in [0.3, 0.4) is 0 Å². The zero-order valence-electron chi connectivity index (χ0n) is 16.7. The van der Waals surface area contributed by atoms with Crippen LogP contribution >= 0.6 is 11.3 Å². The number of anilines is 1. The molecule has 3 rings (SSSR count). The number of thiophene rings is 1. The molecule has 0 unspecified atom stereocenters. The molecule has 8 nitrogen and oxygen atoms in total. The third-order valence-corrected chi connectivity index (χ3v) is 8.36. The van der Waals surface area contributed by atoms with Gasteiger partial charge in [-0.1, -0.05) is 13.8 Å². The van der Waals surface area contributed by atoms with Gasteiger partial charge in [0.25, 0.3) is 5.91 Å². The molecule has 3 heterocycles. The van der Waals surface area contributed by atoms with E-state index in [0.717, 1.165) is 10.4 Å². The monoisotopic (exact) mass is 429 g/mol. The van der Waals surface area contributed by atoms with Crippen molar-refractivity contribution < 1.29 is 22.7 Å². The molecule has 0 saturated carbocycles. The topological polar surface area (TPSA) is 87.2 Å². The Balaban J connectivity index is 2.00.